The Hall–Kier alpha value is -1.14. The number of nitrogens with one attached hydrogen (secondary N) is 2. The number of nitrogens with zero attached hydrogens (tertiary/aromatic N) is 2. The smallest absolute Gasteiger partial charge is 0.221 e. The van der Waals surface area contributed by atoms with Crippen molar-refractivity contribution in [3.63, 3.8) is 0 Å². The Bertz CT molecular complexity index is 252. The second-order valence-electron chi connectivity index (χ2n) is 5.51. The lowest BCUT2D eigenvalue weighted by Crippen LogP contribution is -2.30. The first-order valence-corrected chi connectivity index (χ1v) is 7.24. The molecule has 0 aliphatic heterocycles. The number of carbonyl (C=O) groups excluding carboxylic acids is 2. The molecule has 0 aromatic heterocycles. The van der Waals surface area contributed by atoms with Gasteiger partial charge in [0.05, 0.1) is 0 Å². The Balaban J connectivity index is 3.35. The van der Waals surface area contributed by atoms with Crippen LogP contribution < -0.4 is 10.6 Å². The van der Waals surface area contributed by atoms with Crippen LogP contribution >= 0.6 is 0 Å². The summed E-state index contributed by atoms with van der Waals surface area (Å²) in [7, 11) is 7.80. The molecule has 0 bridgehead atoms. The molecule has 0 spiro atoms. The molecule has 0 atom stereocenters. The predicted octanol–water partition coefficient (Wildman–Crippen LogP) is -0.0976. The maximum absolute atomic E-state index is 11.4. The van der Waals surface area contributed by atoms with E-state index < -0.39 is 0 Å². The molecular formula is C14H30N4O2. The molecule has 2 amide bonds. The molecule has 0 aromatic rings. The first-order chi connectivity index (χ1) is 9.41. The van der Waals surface area contributed by atoms with Crippen molar-refractivity contribution in [2.75, 3.05) is 54.4 Å². The van der Waals surface area contributed by atoms with Crippen LogP contribution in [0.5, 0.6) is 0 Å². The summed E-state index contributed by atoms with van der Waals surface area (Å²) in [4.78, 5) is 26.8. The highest BCUT2D eigenvalue weighted by atomic mass is 16.2. The highest BCUT2D eigenvalue weighted by molar-refractivity contribution is 5.76. The van der Waals surface area contributed by atoms with E-state index in [1.54, 1.807) is 0 Å². The summed E-state index contributed by atoms with van der Waals surface area (Å²) in [5, 5.41) is 5.76. The summed E-state index contributed by atoms with van der Waals surface area (Å²) in [6.45, 7) is 2.90. The number of hydrogen-bond donors (Lipinski definition) is 2. The minimum absolute atomic E-state index is 0.0914. The number of unbranched alkanes of at least 4 members (excludes halogenated alkanes) is 1. The molecule has 20 heavy (non-hydrogen) atoms. The molecule has 0 radical (unpaired) electrons. The SMILES string of the molecule is CN(C)CCC(=O)NCCCCNC(=O)CCN(C)C. The van der Waals surface area contributed by atoms with Crippen LogP contribution in [-0.4, -0.2) is 76.0 Å². The summed E-state index contributed by atoms with van der Waals surface area (Å²) in [5.74, 6) is 0.183. The number of hydrogen-bond acceptors (Lipinski definition) is 4. The maximum atomic E-state index is 11.4. The van der Waals surface area contributed by atoms with Crippen LogP contribution in [0.2, 0.25) is 0 Å². The number of rotatable bonds is 11. The van der Waals surface area contributed by atoms with Crippen LogP contribution in [0.25, 0.3) is 0 Å². The molecule has 0 aromatic carbocycles. The van der Waals surface area contributed by atoms with Gasteiger partial charge in [-0.05, 0) is 41.0 Å². The van der Waals surface area contributed by atoms with E-state index in [9.17, 15) is 9.59 Å². The number of amides is 2. The van der Waals surface area contributed by atoms with Gasteiger partial charge in [-0.1, -0.05) is 0 Å². The lowest BCUT2D eigenvalue weighted by molar-refractivity contribution is -0.122. The van der Waals surface area contributed by atoms with Crippen LogP contribution in [0, 0.1) is 0 Å². The fraction of sp³-hybridized carbons (Fsp3) is 0.857. The van der Waals surface area contributed by atoms with Gasteiger partial charge in [0.25, 0.3) is 0 Å². The van der Waals surface area contributed by atoms with Gasteiger partial charge in [-0.3, -0.25) is 9.59 Å². The van der Waals surface area contributed by atoms with Gasteiger partial charge in [0.15, 0.2) is 0 Å². The zero-order valence-corrected chi connectivity index (χ0v) is 13.4. The van der Waals surface area contributed by atoms with Gasteiger partial charge in [0.2, 0.25) is 11.8 Å². The molecule has 0 heterocycles. The summed E-state index contributed by atoms with van der Waals surface area (Å²) < 4.78 is 0. The van der Waals surface area contributed by atoms with Crippen LogP contribution in [0.3, 0.4) is 0 Å². The number of carbonyl (C=O) groups is 2. The quantitative estimate of drug-likeness (QED) is 0.521. The Labute approximate surface area is 122 Å². The first kappa shape index (κ1) is 18.9. The van der Waals surface area contributed by atoms with Crippen LogP contribution in [0.15, 0.2) is 0 Å². The fourth-order valence-electron chi connectivity index (χ4n) is 1.53. The van der Waals surface area contributed by atoms with Crippen molar-refractivity contribution in [2.24, 2.45) is 0 Å². The van der Waals surface area contributed by atoms with Gasteiger partial charge in [-0.15, -0.1) is 0 Å². The van der Waals surface area contributed by atoms with Crippen molar-refractivity contribution in [1.82, 2.24) is 20.4 Å². The Morgan fingerprint density at radius 3 is 1.40 bits per heavy atom. The Morgan fingerprint density at radius 2 is 1.10 bits per heavy atom. The molecule has 0 saturated heterocycles. The van der Waals surface area contributed by atoms with Crippen molar-refractivity contribution in [3.05, 3.63) is 0 Å². The zero-order chi connectivity index (χ0) is 15.4. The molecule has 0 aliphatic carbocycles. The second-order valence-corrected chi connectivity index (χ2v) is 5.51. The maximum Gasteiger partial charge on any atom is 0.221 e. The molecule has 6 heteroatoms. The minimum atomic E-state index is 0.0914. The molecule has 0 unspecified atom stereocenters. The lowest BCUT2D eigenvalue weighted by Gasteiger charge is -2.10. The van der Waals surface area contributed by atoms with Crippen molar-refractivity contribution in [3.8, 4) is 0 Å². The third-order valence-electron chi connectivity index (χ3n) is 2.82. The monoisotopic (exact) mass is 286 g/mol. The van der Waals surface area contributed by atoms with Gasteiger partial charge >= 0.3 is 0 Å². The van der Waals surface area contributed by atoms with E-state index in [1.165, 1.54) is 0 Å². The second kappa shape index (κ2) is 11.7. The molecule has 0 saturated carbocycles. The van der Waals surface area contributed by atoms with Crippen molar-refractivity contribution >= 4 is 11.8 Å². The van der Waals surface area contributed by atoms with Crippen LogP contribution in [0.1, 0.15) is 25.7 Å². The molecule has 118 valence electrons. The third-order valence-corrected chi connectivity index (χ3v) is 2.82. The van der Waals surface area contributed by atoms with Crippen LogP contribution in [0.4, 0.5) is 0 Å². The van der Waals surface area contributed by atoms with E-state index in [2.05, 4.69) is 10.6 Å². The zero-order valence-electron chi connectivity index (χ0n) is 13.4. The Kier molecular flexibility index (Phi) is 11.0. The summed E-state index contributed by atoms with van der Waals surface area (Å²) in [5.41, 5.74) is 0. The summed E-state index contributed by atoms with van der Waals surface area (Å²) >= 11 is 0. The van der Waals surface area contributed by atoms with Gasteiger partial charge in [0, 0.05) is 39.0 Å². The topological polar surface area (TPSA) is 64.7 Å². The molecule has 6 nitrogen and oxygen atoms in total. The van der Waals surface area contributed by atoms with Gasteiger partial charge < -0.3 is 20.4 Å². The van der Waals surface area contributed by atoms with E-state index in [-0.39, 0.29) is 11.8 Å². The minimum Gasteiger partial charge on any atom is -0.356 e. The highest BCUT2D eigenvalue weighted by Gasteiger charge is 2.02. The predicted molar refractivity (Wildman–Crippen MR) is 81.6 cm³/mol. The summed E-state index contributed by atoms with van der Waals surface area (Å²) in [6.07, 6.45) is 2.85. The van der Waals surface area contributed by atoms with Gasteiger partial charge in [0.1, 0.15) is 0 Å². The largest absolute Gasteiger partial charge is 0.356 e. The van der Waals surface area contributed by atoms with E-state index in [1.807, 2.05) is 38.0 Å². The fourth-order valence-corrected chi connectivity index (χ4v) is 1.53. The summed E-state index contributed by atoms with van der Waals surface area (Å²) in [6, 6.07) is 0. The average Bonchev–Trinajstić information content (AvgIpc) is 2.37. The lowest BCUT2D eigenvalue weighted by atomic mass is 10.3. The van der Waals surface area contributed by atoms with E-state index in [0.29, 0.717) is 25.9 Å². The Morgan fingerprint density at radius 1 is 0.750 bits per heavy atom. The first-order valence-electron chi connectivity index (χ1n) is 7.24. The molecule has 0 aliphatic rings. The molecular weight excluding hydrogens is 256 g/mol. The van der Waals surface area contributed by atoms with Crippen molar-refractivity contribution in [1.29, 1.82) is 0 Å². The van der Waals surface area contributed by atoms with Crippen molar-refractivity contribution in [2.45, 2.75) is 25.7 Å². The standard InChI is InChI=1S/C14H30N4O2/c1-17(2)11-7-13(19)15-9-5-6-10-16-14(20)8-12-18(3)4/h5-12H2,1-4H3,(H,15,19)(H,16,20). The van der Waals surface area contributed by atoms with Gasteiger partial charge in [-0.25, -0.2) is 0 Å². The molecule has 2 N–H and O–H groups in total. The van der Waals surface area contributed by atoms with E-state index in [4.69, 9.17) is 0 Å². The van der Waals surface area contributed by atoms with E-state index in [0.717, 1.165) is 25.9 Å². The average molecular weight is 286 g/mol. The molecule has 0 rings (SSSR count). The van der Waals surface area contributed by atoms with E-state index >= 15 is 0 Å². The van der Waals surface area contributed by atoms with Crippen molar-refractivity contribution < 1.29 is 9.59 Å². The molecule has 0 fully saturated rings. The highest BCUT2D eigenvalue weighted by Crippen LogP contribution is 1.89. The third kappa shape index (κ3) is 13.3. The normalized spacial score (nSPS) is 10.9. The van der Waals surface area contributed by atoms with Gasteiger partial charge in [-0.2, -0.15) is 0 Å². The van der Waals surface area contributed by atoms with Crippen LogP contribution in [-0.2, 0) is 9.59 Å².